The fourth-order valence-corrected chi connectivity index (χ4v) is 2.21. The van der Waals surface area contributed by atoms with Gasteiger partial charge in [0.1, 0.15) is 0 Å². The van der Waals surface area contributed by atoms with Gasteiger partial charge in [0.05, 0.1) is 22.7 Å². The minimum atomic E-state index is -0.457. The molecule has 0 radical (unpaired) electrons. The van der Waals surface area contributed by atoms with Crippen molar-refractivity contribution in [2.45, 2.75) is 6.42 Å². The summed E-state index contributed by atoms with van der Waals surface area (Å²) in [4.78, 5) is 21.9. The number of hydrogen-bond donors (Lipinski definition) is 1. The fraction of sp³-hybridized carbons (Fsp3) is 0.0667. The lowest BCUT2D eigenvalue weighted by Crippen LogP contribution is -2.00. The van der Waals surface area contributed by atoms with Crippen molar-refractivity contribution in [1.82, 2.24) is 0 Å². The number of nitro groups is 1. The number of carbonyl (C=O) groups excluding carboxylic acids is 1. The van der Waals surface area contributed by atoms with E-state index in [9.17, 15) is 14.9 Å². The average Bonchev–Trinajstić information content (AvgIpc) is 2.83. The van der Waals surface area contributed by atoms with E-state index in [1.807, 2.05) is 18.2 Å². The van der Waals surface area contributed by atoms with Crippen molar-refractivity contribution in [3.8, 4) is 0 Å². The summed E-state index contributed by atoms with van der Waals surface area (Å²) in [6, 6.07) is 13.3. The summed E-state index contributed by atoms with van der Waals surface area (Å²) in [6.45, 7) is 0. The van der Waals surface area contributed by atoms with Crippen LogP contribution >= 0.6 is 0 Å². The van der Waals surface area contributed by atoms with Gasteiger partial charge in [0.25, 0.3) is 5.69 Å². The Bertz CT molecular complexity index is 751. The molecule has 0 bridgehead atoms. The normalized spacial score (nSPS) is 15.0. The molecule has 104 valence electrons. The fourth-order valence-electron chi connectivity index (χ4n) is 2.21. The number of anilines is 1. The number of hydrazone groups is 1. The van der Waals surface area contributed by atoms with Crippen LogP contribution in [0.15, 0.2) is 53.6 Å². The number of benzene rings is 2. The van der Waals surface area contributed by atoms with E-state index < -0.39 is 4.92 Å². The van der Waals surface area contributed by atoms with E-state index in [0.717, 1.165) is 5.56 Å². The molecule has 0 amide bonds. The predicted octanol–water partition coefficient (Wildman–Crippen LogP) is 3.00. The number of nitrogens with one attached hydrogen (secondary N) is 1. The highest BCUT2D eigenvalue weighted by Gasteiger charge is 2.24. The third-order valence-electron chi connectivity index (χ3n) is 3.26. The van der Waals surface area contributed by atoms with Gasteiger partial charge < -0.3 is 0 Å². The molecule has 1 aliphatic rings. The van der Waals surface area contributed by atoms with Crippen LogP contribution in [0.4, 0.5) is 11.4 Å². The highest BCUT2D eigenvalue weighted by Crippen LogP contribution is 2.23. The highest BCUT2D eigenvalue weighted by atomic mass is 16.6. The Balaban J connectivity index is 1.81. The monoisotopic (exact) mass is 281 g/mol. The molecule has 0 atom stereocenters. The summed E-state index contributed by atoms with van der Waals surface area (Å²) in [7, 11) is 0. The molecule has 1 N–H and O–H groups in total. The topological polar surface area (TPSA) is 84.6 Å². The molecule has 1 aliphatic carbocycles. The Hall–Kier alpha value is -3.02. The summed E-state index contributed by atoms with van der Waals surface area (Å²) < 4.78 is 0. The Morgan fingerprint density at radius 3 is 2.38 bits per heavy atom. The molecule has 2 aromatic rings. The number of Topliss-reactive ketones (excluding diaryl/α,β-unsaturated/α-hetero) is 1. The number of fused-ring (bicyclic) bond motifs is 1. The van der Waals surface area contributed by atoms with Gasteiger partial charge in [0.2, 0.25) is 0 Å². The second-order valence-electron chi connectivity index (χ2n) is 4.62. The molecule has 2 aromatic carbocycles. The van der Waals surface area contributed by atoms with Crippen molar-refractivity contribution in [1.29, 1.82) is 0 Å². The first-order chi connectivity index (χ1) is 10.1. The predicted molar refractivity (Wildman–Crippen MR) is 78.6 cm³/mol. The summed E-state index contributed by atoms with van der Waals surface area (Å²) in [5.41, 5.74) is 5.67. The van der Waals surface area contributed by atoms with E-state index in [4.69, 9.17) is 0 Å². The van der Waals surface area contributed by atoms with Crippen LogP contribution in [-0.4, -0.2) is 16.4 Å². The van der Waals surface area contributed by atoms with Crippen LogP contribution in [0, 0.1) is 10.1 Å². The lowest BCUT2D eigenvalue weighted by atomic mass is 10.1. The Kier molecular flexibility index (Phi) is 3.19. The van der Waals surface area contributed by atoms with E-state index in [1.165, 1.54) is 12.1 Å². The van der Waals surface area contributed by atoms with Gasteiger partial charge in [-0.3, -0.25) is 20.3 Å². The number of hydrogen-bond acceptors (Lipinski definition) is 5. The van der Waals surface area contributed by atoms with Crippen LogP contribution in [0.5, 0.6) is 0 Å². The number of nitrogens with zero attached hydrogens (tertiary/aromatic N) is 2. The maximum Gasteiger partial charge on any atom is 0.269 e. The quantitative estimate of drug-likeness (QED) is 0.692. The molecule has 21 heavy (non-hydrogen) atoms. The van der Waals surface area contributed by atoms with Gasteiger partial charge in [0, 0.05) is 23.3 Å². The van der Waals surface area contributed by atoms with Crippen LogP contribution in [0.25, 0.3) is 0 Å². The van der Waals surface area contributed by atoms with Gasteiger partial charge in [-0.05, 0) is 12.1 Å². The Labute approximate surface area is 120 Å². The first-order valence-corrected chi connectivity index (χ1v) is 6.35. The van der Waals surface area contributed by atoms with Gasteiger partial charge in [0.15, 0.2) is 5.78 Å². The maximum atomic E-state index is 11.8. The zero-order valence-electron chi connectivity index (χ0n) is 10.9. The summed E-state index contributed by atoms with van der Waals surface area (Å²) in [6.07, 6.45) is 0.263. The minimum Gasteiger partial charge on any atom is -0.294 e. The van der Waals surface area contributed by atoms with Crippen molar-refractivity contribution in [2.24, 2.45) is 5.10 Å². The van der Waals surface area contributed by atoms with Crippen molar-refractivity contribution in [2.75, 3.05) is 5.43 Å². The smallest absolute Gasteiger partial charge is 0.269 e. The van der Waals surface area contributed by atoms with E-state index in [0.29, 0.717) is 17.0 Å². The highest BCUT2D eigenvalue weighted by molar-refractivity contribution is 6.26. The number of carbonyl (C=O) groups is 1. The summed E-state index contributed by atoms with van der Waals surface area (Å²) in [5, 5.41) is 14.8. The van der Waals surface area contributed by atoms with Gasteiger partial charge in [-0.25, -0.2) is 0 Å². The first-order valence-electron chi connectivity index (χ1n) is 6.35. The van der Waals surface area contributed by atoms with Gasteiger partial charge >= 0.3 is 0 Å². The first kappa shape index (κ1) is 13.0. The largest absolute Gasteiger partial charge is 0.294 e. The molecule has 0 saturated carbocycles. The Morgan fingerprint density at radius 2 is 1.71 bits per heavy atom. The van der Waals surface area contributed by atoms with Crippen molar-refractivity contribution >= 4 is 22.9 Å². The van der Waals surface area contributed by atoms with Crippen LogP contribution in [0.3, 0.4) is 0 Å². The van der Waals surface area contributed by atoms with Crippen LogP contribution < -0.4 is 5.43 Å². The van der Waals surface area contributed by atoms with Crippen molar-refractivity contribution in [3.63, 3.8) is 0 Å². The standard InChI is InChI=1S/C15H11N3O3/c19-15-9-14(12-3-1-2-4-13(12)15)17-16-10-5-7-11(8-6-10)18(20)21/h1-8,16H,9H2. The van der Waals surface area contributed by atoms with Crippen molar-refractivity contribution in [3.05, 3.63) is 69.8 Å². The molecule has 0 unspecified atom stereocenters. The Morgan fingerprint density at radius 1 is 1.05 bits per heavy atom. The zero-order chi connectivity index (χ0) is 14.8. The SMILES string of the molecule is O=C1CC(=NNc2ccc([N+](=O)[O-])cc2)c2ccccc21. The lowest BCUT2D eigenvalue weighted by molar-refractivity contribution is -0.384. The van der Waals surface area contributed by atoms with Gasteiger partial charge in [-0.15, -0.1) is 0 Å². The average molecular weight is 281 g/mol. The van der Waals surface area contributed by atoms with Crippen LogP contribution in [0.1, 0.15) is 22.3 Å². The van der Waals surface area contributed by atoms with Gasteiger partial charge in [-0.1, -0.05) is 24.3 Å². The maximum absolute atomic E-state index is 11.8. The third kappa shape index (κ3) is 2.51. The van der Waals surface area contributed by atoms with Crippen molar-refractivity contribution < 1.29 is 9.72 Å². The lowest BCUT2D eigenvalue weighted by Gasteiger charge is -2.02. The molecule has 0 saturated heterocycles. The summed E-state index contributed by atoms with van der Waals surface area (Å²) >= 11 is 0. The number of non-ortho nitro benzene ring substituents is 1. The second-order valence-corrected chi connectivity index (χ2v) is 4.62. The molecule has 0 fully saturated rings. The van der Waals surface area contributed by atoms with E-state index >= 15 is 0 Å². The number of ketones is 1. The number of nitro benzene ring substituents is 1. The minimum absolute atomic E-state index is 0.0228. The molecule has 6 nitrogen and oxygen atoms in total. The van der Waals surface area contributed by atoms with Crippen LogP contribution in [0.2, 0.25) is 0 Å². The van der Waals surface area contributed by atoms with E-state index in [2.05, 4.69) is 10.5 Å². The second kappa shape index (κ2) is 5.16. The zero-order valence-corrected chi connectivity index (χ0v) is 10.9. The van der Waals surface area contributed by atoms with E-state index in [1.54, 1.807) is 18.2 Å². The molecule has 0 heterocycles. The third-order valence-corrected chi connectivity index (χ3v) is 3.26. The molecule has 0 aromatic heterocycles. The molecule has 0 spiro atoms. The molecule has 6 heteroatoms. The molecule has 0 aliphatic heterocycles. The van der Waals surface area contributed by atoms with Gasteiger partial charge in [-0.2, -0.15) is 5.10 Å². The number of rotatable bonds is 3. The molecule has 3 rings (SSSR count). The summed E-state index contributed by atoms with van der Waals surface area (Å²) in [5.74, 6) is 0.0508. The van der Waals surface area contributed by atoms with E-state index in [-0.39, 0.29) is 17.9 Å². The van der Waals surface area contributed by atoms with Crippen LogP contribution in [-0.2, 0) is 0 Å². The molecular formula is C15H11N3O3. The molecular weight excluding hydrogens is 270 g/mol.